The van der Waals surface area contributed by atoms with Gasteiger partial charge in [-0.25, -0.2) is 10.1 Å². The lowest BCUT2D eigenvalue weighted by atomic mass is 10.2. The zero-order chi connectivity index (χ0) is 16.4. The van der Waals surface area contributed by atoms with Crippen LogP contribution in [0.2, 0.25) is 0 Å². The SMILES string of the molecule is O=C(NC1CCNN1)c1cn(-c2cccc(C(F)(F)F)c2)nn1. The Morgan fingerprint density at radius 3 is 2.91 bits per heavy atom. The van der Waals surface area contributed by atoms with E-state index in [0.29, 0.717) is 6.42 Å². The van der Waals surface area contributed by atoms with Gasteiger partial charge in [0, 0.05) is 6.54 Å². The van der Waals surface area contributed by atoms with Gasteiger partial charge in [-0.2, -0.15) is 13.2 Å². The van der Waals surface area contributed by atoms with Crippen LogP contribution in [0, 0.1) is 0 Å². The maximum absolute atomic E-state index is 12.7. The van der Waals surface area contributed by atoms with Crippen LogP contribution < -0.4 is 16.2 Å². The Labute approximate surface area is 128 Å². The number of halogens is 3. The first-order valence-corrected chi connectivity index (χ1v) is 6.83. The fraction of sp³-hybridized carbons (Fsp3) is 0.308. The van der Waals surface area contributed by atoms with E-state index in [1.165, 1.54) is 18.3 Å². The summed E-state index contributed by atoms with van der Waals surface area (Å²) in [6, 6.07) is 4.63. The van der Waals surface area contributed by atoms with Crippen LogP contribution in [0.5, 0.6) is 0 Å². The molecule has 1 saturated heterocycles. The topological polar surface area (TPSA) is 83.9 Å². The van der Waals surface area contributed by atoms with Crippen LogP contribution in [0.4, 0.5) is 13.2 Å². The molecule has 1 fully saturated rings. The van der Waals surface area contributed by atoms with Gasteiger partial charge in [-0.05, 0) is 24.6 Å². The van der Waals surface area contributed by atoms with E-state index >= 15 is 0 Å². The molecule has 1 unspecified atom stereocenters. The van der Waals surface area contributed by atoms with E-state index in [0.717, 1.165) is 23.4 Å². The summed E-state index contributed by atoms with van der Waals surface area (Å²) in [6.07, 6.45) is -2.67. The molecule has 1 aromatic heterocycles. The van der Waals surface area contributed by atoms with E-state index in [-0.39, 0.29) is 17.5 Å². The van der Waals surface area contributed by atoms with Crippen molar-refractivity contribution in [3.8, 4) is 5.69 Å². The maximum Gasteiger partial charge on any atom is 0.416 e. The van der Waals surface area contributed by atoms with Crippen molar-refractivity contribution < 1.29 is 18.0 Å². The van der Waals surface area contributed by atoms with Crippen LogP contribution in [0.15, 0.2) is 30.5 Å². The molecule has 3 rings (SSSR count). The number of aromatic nitrogens is 3. The maximum atomic E-state index is 12.7. The highest BCUT2D eigenvalue weighted by molar-refractivity contribution is 5.92. The van der Waals surface area contributed by atoms with E-state index in [4.69, 9.17) is 0 Å². The van der Waals surface area contributed by atoms with Crippen molar-refractivity contribution in [3.05, 3.63) is 41.7 Å². The van der Waals surface area contributed by atoms with Crippen molar-refractivity contribution in [2.75, 3.05) is 6.54 Å². The lowest BCUT2D eigenvalue weighted by Crippen LogP contribution is -2.44. The molecule has 2 aromatic rings. The van der Waals surface area contributed by atoms with Crippen LogP contribution in [0.25, 0.3) is 5.69 Å². The summed E-state index contributed by atoms with van der Waals surface area (Å²) >= 11 is 0. The van der Waals surface area contributed by atoms with Gasteiger partial charge >= 0.3 is 6.18 Å². The first-order valence-electron chi connectivity index (χ1n) is 6.83. The van der Waals surface area contributed by atoms with Crippen molar-refractivity contribution in [3.63, 3.8) is 0 Å². The molecule has 0 saturated carbocycles. The predicted octanol–water partition coefficient (Wildman–Crippen LogP) is 0.840. The predicted molar refractivity (Wildman–Crippen MR) is 73.4 cm³/mol. The Balaban J connectivity index is 1.77. The fourth-order valence-electron chi connectivity index (χ4n) is 2.14. The zero-order valence-corrected chi connectivity index (χ0v) is 11.8. The largest absolute Gasteiger partial charge is 0.416 e. The number of carbonyl (C=O) groups is 1. The highest BCUT2D eigenvalue weighted by atomic mass is 19.4. The molecule has 23 heavy (non-hydrogen) atoms. The molecule has 1 amide bonds. The molecular weight excluding hydrogens is 313 g/mol. The van der Waals surface area contributed by atoms with Gasteiger partial charge in [0.2, 0.25) is 0 Å². The van der Waals surface area contributed by atoms with Crippen LogP contribution in [-0.2, 0) is 6.18 Å². The second kappa shape index (κ2) is 5.97. The highest BCUT2D eigenvalue weighted by Crippen LogP contribution is 2.30. The average molecular weight is 326 g/mol. The fourth-order valence-corrected chi connectivity index (χ4v) is 2.14. The van der Waals surface area contributed by atoms with Gasteiger partial charge < -0.3 is 5.32 Å². The Morgan fingerprint density at radius 2 is 2.22 bits per heavy atom. The first-order chi connectivity index (χ1) is 10.9. The van der Waals surface area contributed by atoms with E-state index in [9.17, 15) is 18.0 Å². The van der Waals surface area contributed by atoms with Gasteiger partial charge in [-0.3, -0.25) is 10.2 Å². The van der Waals surface area contributed by atoms with Crippen molar-refractivity contribution in [1.29, 1.82) is 0 Å². The second-order valence-corrected chi connectivity index (χ2v) is 4.98. The molecule has 1 aromatic carbocycles. The molecule has 122 valence electrons. The number of alkyl halides is 3. The van der Waals surface area contributed by atoms with E-state index < -0.39 is 17.6 Å². The molecule has 1 aliphatic heterocycles. The second-order valence-electron chi connectivity index (χ2n) is 4.98. The molecule has 0 spiro atoms. The van der Waals surface area contributed by atoms with Gasteiger partial charge in [0.15, 0.2) is 5.69 Å². The molecule has 3 N–H and O–H groups in total. The minimum Gasteiger partial charge on any atom is -0.334 e. The quantitative estimate of drug-likeness (QED) is 0.778. The minimum atomic E-state index is -4.45. The third kappa shape index (κ3) is 3.48. The minimum absolute atomic E-state index is 0.0242. The van der Waals surface area contributed by atoms with E-state index in [2.05, 4.69) is 26.5 Å². The Hall–Kier alpha value is -2.46. The molecular formula is C13H13F3N6O. The van der Waals surface area contributed by atoms with Crippen molar-refractivity contribution >= 4 is 5.91 Å². The third-order valence-electron chi connectivity index (χ3n) is 3.30. The van der Waals surface area contributed by atoms with Gasteiger partial charge in [-0.1, -0.05) is 11.3 Å². The van der Waals surface area contributed by atoms with Crippen molar-refractivity contribution in [1.82, 2.24) is 31.2 Å². The number of hydrogen-bond donors (Lipinski definition) is 3. The molecule has 10 heteroatoms. The molecule has 0 radical (unpaired) electrons. The summed E-state index contributed by atoms with van der Waals surface area (Å²) in [5.74, 6) is -0.454. The normalized spacial score (nSPS) is 18.1. The van der Waals surface area contributed by atoms with Crippen LogP contribution >= 0.6 is 0 Å². The smallest absolute Gasteiger partial charge is 0.334 e. The van der Waals surface area contributed by atoms with Gasteiger partial charge in [0.25, 0.3) is 5.91 Å². The lowest BCUT2D eigenvalue weighted by molar-refractivity contribution is -0.137. The number of benzene rings is 1. The monoisotopic (exact) mass is 326 g/mol. The Bertz CT molecular complexity index is 708. The summed E-state index contributed by atoms with van der Waals surface area (Å²) in [6.45, 7) is 0.724. The Kier molecular flexibility index (Phi) is 4.01. The average Bonchev–Trinajstić information content (AvgIpc) is 3.17. The van der Waals surface area contributed by atoms with Crippen molar-refractivity contribution in [2.45, 2.75) is 18.8 Å². The number of rotatable bonds is 3. The summed E-state index contributed by atoms with van der Waals surface area (Å²) in [5, 5.41) is 10.1. The summed E-state index contributed by atoms with van der Waals surface area (Å²) in [4.78, 5) is 12.0. The number of nitrogens with one attached hydrogen (secondary N) is 3. The number of amides is 1. The molecule has 0 aliphatic carbocycles. The number of hydrazine groups is 1. The van der Waals surface area contributed by atoms with Gasteiger partial charge in [-0.15, -0.1) is 5.10 Å². The van der Waals surface area contributed by atoms with E-state index in [1.54, 1.807) is 0 Å². The summed E-state index contributed by atoms with van der Waals surface area (Å²) in [5.41, 5.74) is 5.13. The van der Waals surface area contributed by atoms with Crippen LogP contribution in [0.1, 0.15) is 22.5 Å². The molecule has 1 aliphatic rings. The van der Waals surface area contributed by atoms with Crippen LogP contribution in [0.3, 0.4) is 0 Å². The first kappa shape index (κ1) is 15.4. The molecule has 1 atom stereocenters. The van der Waals surface area contributed by atoms with Crippen molar-refractivity contribution in [2.24, 2.45) is 0 Å². The van der Waals surface area contributed by atoms with Crippen LogP contribution in [-0.4, -0.2) is 33.6 Å². The number of carbonyl (C=O) groups excluding carboxylic acids is 1. The third-order valence-corrected chi connectivity index (χ3v) is 3.30. The molecule has 7 nitrogen and oxygen atoms in total. The summed E-state index contributed by atoms with van der Waals surface area (Å²) in [7, 11) is 0. The van der Waals surface area contributed by atoms with Gasteiger partial charge in [0.1, 0.15) is 0 Å². The molecule has 0 bridgehead atoms. The zero-order valence-electron chi connectivity index (χ0n) is 11.8. The summed E-state index contributed by atoms with van der Waals surface area (Å²) < 4.78 is 39.3. The van der Waals surface area contributed by atoms with Gasteiger partial charge in [0.05, 0.1) is 23.6 Å². The van der Waals surface area contributed by atoms with E-state index in [1.807, 2.05) is 0 Å². The molecule has 2 heterocycles. The highest BCUT2D eigenvalue weighted by Gasteiger charge is 2.30. The number of hydrogen-bond acceptors (Lipinski definition) is 5. The number of nitrogens with zero attached hydrogens (tertiary/aromatic N) is 3. The standard InChI is InChI=1S/C13H13F3N6O/c14-13(15,16)8-2-1-3-9(6-8)22-7-10(19-21-22)12(23)18-11-4-5-17-20-11/h1-3,6-7,11,17,20H,4-5H2,(H,18,23). The Morgan fingerprint density at radius 1 is 1.39 bits per heavy atom. The lowest BCUT2D eigenvalue weighted by Gasteiger charge is -2.10.